The minimum Gasteiger partial charge on any atom is -0.491 e. The van der Waals surface area contributed by atoms with E-state index >= 15 is 0 Å². The number of rotatable bonds is 8. The summed E-state index contributed by atoms with van der Waals surface area (Å²) < 4.78 is 10.8. The first-order valence-corrected chi connectivity index (χ1v) is 11.5. The maximum Gasteiger partial charge on any atom is 0.408 e. The van der Waals surface area contributed by atoms with Gasteiger partial charge in [-0.3, -0.25) is 4.90 Å². The lowest BCUT2D eigenvalue weighted by molar-refractivity contribution is -0.0289. The first kappa shape index (κ1) is 22.6. The zero-order valence-electron chi connectivity index (χ0n) is 19.3. The molecule has 3 heterocycles. The number of methoxy groups -OCH3 is 1. The highest BCUT2D eigenvalue weighted by atomic mass is 16.5. The second kappa shape index (κ2) is 9.51. The highest BCUT2D eigenvalue weighted by molar-refractivity contribution is 5.68. The van der Waals surface area contributed by atoms with E-state index in [0.29, 0.717) is 19.1 Å². The molecule has 3 aliphatic rings. The van der Waals surface area contributed by atoms with Gasteiger partial charge in [0.05, 0.1) is 18.2 Å². The Balaban J connectivity index is 1.54. The Bertz CT molecular complexity index is 920. The average molecular weight is 439 g/mol. The van der Waals surface area contributed by atoms with Crippen LogP contribution in [0.4, 0.5) is 4.79 Å². The van der Waals surface area contributed by atoms with Crippen molar-refractivity contribution in [3.8, 4) is 16.9 Å². The molecule has 5 rings (SSSR count). The fraction of sp³-hybridized carbons (Fsp3) is 0.500. The molecule has 6 nitrogen and oxygen atoms in total. The zero-order valence-corrected chi connectivity index (χ0v) is 19.3. The second-order valence-electron chi connectivity index (χ2n) is 9.36. The Kier molecular flexibility index (Phi) is 6.72. The smallest absolute Gasteiger partial charge is 0.408 e. The molecule has 3 saturated heterocycles. The van der Waals surface area contributed by atoms with Gasteiger partial charge >= 0.3 is 6.09 Å². The largest absolute Gasteiger partial charge is 0.491 e. The van der Waals surface area contributed by atoms with Gasteiger partial charge in [0.25, 0.3) is 0 Å². The minimum absolute atomic E-state index is 0.0469. The summed E-state index contributed by atoms with van der Waals surface area (Å²) >= 11 is 0. The van der Waals surface area contributed by atoms with Crippen molar-refractivity contribution in [2.45, 2.75) is 38.3 Å². The molecule has 1 N–H and O–H groups in total. The van der Waals surface area contributed by atoms with Crippen LogP contribution >= 0.6 is 0 Å². The third kappa shape index (κ3) is 4.62. The summed E-state index contributed by atoms with van der Waals surface area (Å²) in [4.78, 5) is 16.5. The number of ether oxygens (including phenoxy) is 2. The molecule has 2 aromatic rings. The number of hydrogen-bond acceptors (Lipinski definition) is 4. The number of carbonyl (C=O) groups is 1. The number of piperidine rings is 3. The molecule has 3 fully saturated rings. The number of hydrogen-bond donors (Lipinski definition) is 1. The lowest BCUT2D eigenvalue weighted by Gasteiger charge is -2.52. The van der Waals surface area contributed by atoms with Crippen LogP contribution in [0.3, 0.4) is 0 Å². The fourth-order valence-electron chi connectivity index (χ4n) is 5.24. The lowest BCUT2D eigenvalue weighted by Crippen LogP contribution is -2.62. The molecule has 0 spiro atoms. The van der Waals surface area contributed by atoms with Gasteiger partial charge in [-0.05, 0) is 74.5 Å². The minimum atomic E-state index is -0.835. The molecule has 0 aromatic heterocycles. The monoisotopic (exact) mass is 438 g/mol. The molecular weight excluding hydrogens is 404 g/mol. The van der Waals surface area contributed by atoms with Crippen LogP contribution in [0.5, 0.6) is 5.75 Å². The molecule has 172 valence electrons. The SMILES string of the molecule is COCCOc1cccc(-c2ccc(C(C)(C)N(C(=O)O)C3CN4CCC3CC4)cc2)c1. The normalized spacial score (nSPS) is 22.5. The van der Waals surface area contributed by atoms with Gasteiger partial charge in [0.15, 0.2) is 0 Å². The molecule has 0 radical (unpaired) electrons. The van der Waals surface area contributed by atoms with Crippen LogP contribution in [-0.4, -0.2) is 67.0 Å². The summed E-state index contributed by atoms with van der Waals surface area (Å²) in [5, 5.41) is 10.2. The van der Waals surface area contributed by atoms with Crippen molar-refractivity contribution in [2.24, 2.45) is 5.92 Å². The van der Waals surface area contributed by atoms with Gasteiger partial charge in [0.1, 0.15) is 12.4 Å². The van der Waals surface area contributed by atoms with Gasteiger partial charge in [-0.15, -0.1) is 0 Å². The zero-order chi connectivity index (χ0) is 22.7. The predicted octanol–water partition coefficient (Wildman–Crippen LogP) is 4.69. The van der Waals surface area contributed by atoms with E-state index in [1.165, 1.54) is 0 Å². The van der Waals surface area contributed by atoms with E-state index in [9.17, 15) is 9.90 Å². The molecular formula is C26H34N2O4. The van der Waals surface area contributed by atoms with E-state index in [1.807, 2.05) is 32.0 Å². The van der Waals surface area contributed by atoms with E-state index in [-0.39, 0.29) is 6.04 Å². The summed E-state index contributed by atoms with van der Waals surface area (Å²) in [7, 11) is 1.66. The van der Waals surface area contributed by atoms with Crippen molar-refractivity contribution < 1.29 is 19.4 Å². The van der Waals surface area contributed by atoms with E-state index in [4.69, 9.17) is 9.47 Å². The highest BCUT2D eigenvalue weighted by Crippen LogP contribution is 2.38. The molecule has 1 amide bonds. The summed E-state index contributed by atoms with van der Waals surface area (Å²) in [5.74, 6) is 1.26. The van der Waals surface area contributed by atoms with Crippen LogP contribution in [0.15, 0.2) is 48.5 Å². The Morgan fingerprint density at radius 2 is 1.81 bits per heavy atom. The van der Waals surface area contributed by atoms with Crippen molar-refractivity contribution in [3.63, 3.8) is 0 Å². The van der Waals surface area contributed by atoms with E-state index in [2.05, 4.69) is 35.2 Å². The first-order valence-electron chi connectivity index (χ1n) is 11.5. The van der Waals surface area contributed by atoms with Crippen LogP contribution in [0, 0.1) is 5.92 Å². The Hall–Kier alpha value is -2.57. The quantitative estimate of drug-likeness (QED) is 0.606. The van der Waals surface area contributed by atoms with Crippen molar-refractivity contribution in [1.82, 2.24) is 9.80 Å². The van der Waals surface area contributed by atoms with E-state index < -0.39 is 11.6 Å². The van der Waals surface area contributed by atoms with Crippen LogP contribution < -0.4 is 4.74 Å². The fourth-order valence-corrected chi connectivity index (χ4v) is 5.24. The van der Waals surface area contributed by atoms with Gasteiger partial charge in [-0.25, -0.2) is 4.79 Å². The Morgan fingerprint density at radius 1 is 1.09 bits per heavy atom. The topological polar surface area (TPSA) is 62.2 Å². The number of amides is 1. The van der Waals surface area contributed by atoms with Gasteiger partial charge < -0.3 is 19.5 Å². The van der Waals surface area contributed by atoms with Crippen LogP contribution in [0.25, 0.3) is 11.1 Å². The molecule has 0 aliphatic carbocycles. The van der Waals surface area contributed by atoms with Crippen LogP contribution in [-0.2, 0) is 10.3 Å². The van der Waals surface area contributed by atoms with Gasteiger partial charge in [0, 0.05) is 13.7 Å². The Morgan fingerprint density at radius 3 is 2.41 bits per heavy atom. The third-order valence-corrected chi connectivity index (χ3v) is 7.08. The molecule has 32 heavy (non-hydrogen) atoms. The molecule has 3 aliphatic heterocycles. The maximum absolute atomic E-state index is 12.4. The van der Waals surface area contributed by atoms with Gasteiger partial charge in [0.2, 0.25) is 0 Å². The van der Waals surface area contributed by atoms with Gasteiger partial charge in [-0.1, -0.05) is 36.4 Å². The summed E-state index contributed by atoms with van der Waals surface area (Å²) in [6, 6.07) is 16.3. The predicted molar refractivity (Wildman–Crippen MR) is 125 cm³/mol. The van der Waals surface area contributed by atoms with Crippen molar-refractivity contribution in [3.05, 3.63) is 54.1 Å². The number of benzene rings is 2. The first-order chi connectivity index (χ1) is 15.4. The molecule has 1 atom stereocenters. The molecule has 0 saturated carbocycles. The van der Waals surface area contributed by atoms with Crippen LogP contribution in [0.1, 0.15) is 32.3 Å². The van der Waals surface area contributed by atoms with Gasteiger partial charge in [-0.2, -0.15) is 0 Å². The number of fused-ring (bicyclic) bond motifs is 3. The second-order valence-corrected chi connectivity index (χ2v) is 9.36. The lowest BCUT2D eigenvalue weighted by atomic mass is 9.80. The maximum atomic E-state index is 12.4. The van der Waals surface area contributed by atoms with Crippen molar-refractivity contribution >= 4 is 6.09 Å². The highest BCUT2D eigenvalue weighted by Gasteiger charge is 2.45. The Labute approximate surface area is 190 Å². The number of carboxylic acid groups (broad SMARTS) is 1. The van der Waals surface area contributed by atoms with Crippen molar-refractivity contribution in [2.75, 3.05) is 40.0 Å². The van der Waals surface area contributed by atoms with E-state index in [0.717, 1.165) is 54.9 Å². The molecule has 2 aromatic carbocycles. The van der Waals surface area contributed by atoms with Crippen LogP contribution in [0.2, 0.25) is 0 Å². The third-order valence-electron chi connectivity index (χ3n) is 7.08. The van der Waals surface area contributed by atoms with E-state index in [1.54, 1.807) is 12.0 Å². The molecule has 2 bridgehead atoms. The van der Waals surface area contributed by atoms with Crippen molar-refractivity contribution in [1.29, 1.82) is 0 Å². The standard InChI is InChI=1S/C26H34N2O4/c1-26(2,28(25(29)30)24-18-27-13-11-20(24)12-14-27)22-9-7-19(8-10-22)21-5-4-6-23(17-21)32-16-15-31-3/h4-10,17,20,24H,11-16,18H2,1-3H3,(H,29,30). The summed E-state index contributed by atoms with van der Waals surface area (Å²) in [6.07, 6.45) is 1.34. The molecule has 6 heteroatoms. The summed E-state index contributed by atoms with van der Waals surface area (Å²) in [5.41, 5.74) is 2.54. The summed E-state index contributed by atoms with van der Waals surface area (Å²) in [6.45, 7) is 8.14. The molecule has 1 unspecified atom stereocenters. The number of nitrogens with zero attached hydrogens (tertiary/aromatic N) is 2. The average Bonchev–Trinajstić information content (AvgIpc) is 2.80.